The van der Waals surface area contributed by atoms with E-state index < -0.39 is 0 Å². The number of nitrogens with two attached hydrogens (primary N) is 1. The van der Waals surface area contributed by atoms with E-state index in [1.54, 1.807) is 0 Å². The molecule has 0 radical (unpaired) electrons. The minimum Gasteiger partial charge on any atom is -0.373 e. The average Bonchev–Trinajstić information content (AvgIpc) is 2.25. The van der Waals surface area contributed by atoms with E-state index in [9.17, 15) is 0 Å². The normalized spacial score (nSPS) is 12.5. The van der Waals surface area contributed by atoms with Crippen LogP contribution >= 0.6 is 23.4 Å². The quantitative estimate of drug-likeness (QED) is 0.863. The van der Waals surface area contributed by atoms with Crippen molar-refractivity contribution in [3.8, 4) is 0 Å². The first-order valence-corrected chi connectivity index (χ1v) is 7.56. The molecule has 4 heteroatoms. The highest BCUT2D eigenvalue weighted by atomic mass is 35.5. The molecule has 0 saturated carbocycles. The number of benzene rings is 1. The summed E-state index contributed by atoms with van der Waals surface area (Å²) in [5, 5.41) is 0.812. The van der Waals surface area contributed by atoms with Gasteiger partial charge in [0.1, 0.15) is 0 Å². The molecular weight excluding hydrogens is 252 g/mol. The third-order valence-corrected chi connectivity index (χ3v) is 3.51. The van der Waals surface area contributed by atoms with E-state index in [2.05, 4.69) is 30.3 Å². The van der Waals surface area contributed by atoms with Crippen molar-refractivity contribution >= 4 is 29.1 Å². The summed E-state index contributed by atoms with van der Waals surface area (Å²) in [6.45, 7) is 3.01. The number of thioether (sulfide) groups is 1. The summed E-state index contributed by atoms with van der Waals surface area (Å²) in [7, 11) is 2.07. The zero-order chi connectivity index (χ0) is 12.8. The maximum absolute atomic E-state index is 6.30. The van der Waals surface area contributed by atoms with Crippen molar-refractivity contribution in [3.05, 3.63) is 28.8 Å². The molecule has 0 aromatic heterocycles. The van der Waals surface area contributed by atoms with Crippen molar-refractivity contribution in [1.29, 1.82) is 0 Å². The summed E-state index contributed by atoms with van der Waals surface area (Å²) in [5.41, 5.74) is 8.07. The molecule has 0 fully saturated rings. The molecule has 0 saturated heterocycles. The van der Waals surface area contributed by atoms with Gasteiger partial charge in [0, 0.05) is 25.4 Å². The van der Waals surface area contributed by atoms with E-state index >= 15 is 0 Å². The molecule has 1 aromatic carbocycles. The van der Waals surface area contributed by atoms with Gasteiger partial charge in [-0.1, -0.05) is 17.7 Å². The SMILES string of the molecule is CSCCN(C)c1ccc(CC(C)N)cc1Cl. The predicted molar refractivity (Wildman–Crippen MR) is 80.5 cm³/mol. The molecule has 2 nitrogen and oxygen atoms in total. The lowest BCUT2D eigenvalue weighted by Gasteiger charge is -2.20. The standard InChI is InChI=1S/C13H21ClN2S/c1-10(15)8-11-4-5-13(12(14)9-11)16(2)6-7-17-3/h4-5,9-10H,6-8,15H2,1-3H3. The molecule has 1 unspecified atom stereocenters. The van der Waals surface area contributed by atoms with Gasteiger partial charge in [-0.3, -0.25) is 0 Å². The van der Waals surface area contributed by atoms with Crippen LogP contribution in [0.4, 0.5) is 5.69 Å². The molecule has 0 spiro atoms. The molecule has 0 bridgehead atoms. The number of hydrogen-bond donors (Lipinski definition) is 1. The van der Waals surface area contributed by atoms with E-state index in [0.29, 0.717) is 0 Å². The Labute approximate surface area is 114 Å². The van der Waals surface area contributed by atoms with Gasteiger partial charge >= 0.3 is 0 Å². The second-order valence-corrected chi connectivity index (χ2v) is 5.77. The van der Waals surface area contributed by atoms with Gasteiger partial charge in [-0.25, -0.2) is 0 Å². The van der Waals surface area contributed by atoms with Crippen molar-refractivity contribution in [2.75, 3.05) is 30.5 Å². The molecule has 96 valence electrons. The van der Waals surface area contributed by atoms with Crippen LogP contribution in [0.15, 0.2) is 18.2 Å². The van der Waals surface area contributed by atoms with E-state index in [1.165, 1.54) is 5.56 Å². The Kier molecular flexibility index (Phi) is 6.17. The molecule has 0 aliphatic rings. The van der Waals surface area contributed by atoms with E-state index in [0.717, 1.165) is 29.4 Å². The fourth-order valence-corrected chi connectivity index (χ4v) is 2.51. The van der Waals surface area contributed by atoms with Crippen LogP contribution in [-0.4, -0.2) is 31.6 Å². The Morgan fingerprint density at radius 3 is 2.71 bits per heavy atom. The Hall–Kier alpha value is -0.380. The summed E-state index contributed by atoms with van der Waals surface area (Å²) < 4.78 is 0. The van der Waals surface area contributed by atoms with Crippen molar-refractivity contribution in [2.45, 2.75) is 19.4 Å². The fourth-order valence-electron chi connectivity index (χ4n) is 1.71. The second-order valence-electron chi connectivity index (χ2n) is 4.38. The Bertz CT molecular complexity index is 355. The number of nitrogens with zero attached hydrogens (tertiary/aromatic N) is 1. The van der Waals surface area contributed by atoms with Crippen LogP contribution < -0.4 is 10.6 Å². The van der Waals surface area contributed by atoms with Crippen LogP contribution in [-0.2, 0) is 6.42 Å². The molecule has 0 amide bonds. The minimum absolute atomic E-state index is 0.172. The maximum atomic E-state index is 6.30. The average molecular weight is 273 g/mol. The summed E-state index contributed by atoms with van der Waals surface area (Å²) in [4.78, 5) is 2.19. The molecule has 2 N–H and O–H groups in total. The van der Waals surface area contributed by atoms with Gasteiger partial charge in [0.25, 0.3) is 0 Å². The van der Waals surface area contributed by atoms with Crippen molar-refractivity contribution < 1.29 is 0 Å². The molecule has 0 aliphatic heterocycles. The number of halogens is 1. The molecular formula is C13H21ClN2S. The highest BCUT2D eigenvalue weighted by molar-refractivity contribution is 7.98. The first kappa shape index (κ1) is 14.7. The fraction of sp³-hybridized carbons (Fsp3) is 0.538. The van der Waals surface area contributed by atoms with Gasteiger partial charge in [0.15, 0.2) is 0 Å². The van der Waals surface area contributed by atoms with E-state index in [-0.39, 0.29) is 6.04 Å². The third-order valence-electron chi connectivity index (χ3n) is 2.61. The van der Waals surface area contributed by atoms with Crippen LogP contribution in [0.3, 0.4) is 0 Å². The van der Waals surface area contributed by atoms with Gasteiger partial charge in [-0.05, 0) is 37.3 Å². The van der Waals surface area contributed by atoms with Crippen molar-refractivity contribution in [1.82, 2.24) is 0 Å². The van der Waals surface area contributed by atoms with Crippen LogP contribution in [0.2, 0.25) is 5.02 Å². The number of anilines is 1. The first-order chi connectivity index (χ1) is 8.04. The van der Waals surface area contributed by atoms with Gasteiger partial charge in [0.05, 0.1) is 10.7 Å². The van der Waals surface area contributed by atoms with Gasteiger partial charge < -0.3 is 10.6 Å². The van der Waals surface area contributed by atoms with Crippen LogP contribution in [0.5, 0.6) is 0 Å². The topological polar surface area (TPSA) is 29.3 Å². The van der Waals surface area contributed by atoms with Gasteiger partial charge in [0.2, 0.25) is 0 Å². The second kappa shape index (κ2) is 7.14. The zero-order valence-electron chi connectivity index (χ0n) is 10.7. The van der Waals surface area contributed by atoms with E-state index in [4.69, 9.17) is 17.3 Å². The largest absolute Gasteiger partial charge is 0.373 e. The smallest absolute Gasteiger partial charge is 0.0642 e. The molecule has 1 atom stereocenters. The molecule has 0 aliphatic carbocycles. The van der Waals surface area contributed by atoms with Crippen LogP contribution in [0.25, 0.3) is 0 Å². The minimum atomic E-state index is 0.172. The Balaban J connectivity index is 2.74. The summed E-state index contributed by atoms with van der Waals surface area (Å²) in [5.74, 6) is 1.11. The highest BCUT2D eigenvalue weighted by Gasteiger charge is 2.07. The monoisotopic (exact) mass is 272 g/mol. The zero-order valence-corrected chi connectivity index (χ0v) is 12.3. The van der Waals surface area contributed by atoms with Crippen molar-refractivity contribution in [3.63, 3.8) is 0 Å². The van der Waals surface area contributed by atoms with Crippen LogP contribution in [0, 0.1) is 0 Å². The maximum Gasteiger partial charge on any atom is 0.0642 e. The number of rotatable bonds is 6. The van der Waals surface area contributed by atoms with Gasteiger partial charge in [-0.15, -0.1) is 0 Å². The Morgan fingerprint density at radius 1 is 1.47 bits per heavy atom. The summed E-state index contributed by atoms with van der Waals surface area (Å²) in [6, 6.07) is 6.39. The van der Waals surface area contributed by atoms with Crippen LogP contribution in [0.1, 0.15) is 12.5 Å². The lowest BCUT2D eigenvalue weighted by atomic mass is 10.1. The highest BCUT2D eigenvalue weighted by Crippen LogP contribution is 2.26. The summed E-state index contributed by atoms with van der Waals surface area (Å²) in [6.07, 6.45) is 2.98. The summed E-state index contributed by atoms with van der Waals surface area (Å²) >= 11 is 8.14. The van der Waals surface area contributed by atoms with Gasteiger partial charge in [-0.2, -0.15) is 11.8 Å². The molecule has 0 heterocycles. The Morgan fingerprint density at radius 2 is 2.18 bits per heavy atom. The number of hydrogen-bond acceptors (Lipinski definition) is 3. The third kappa shape index (κ3) is 4.78. The molecule has 1 aromatic rings. The lowest BCUT2D eigenvalue weighted by Crippen LogP contribution is -2.21. The lowest BCUT2D eigenvalue weighted by molar-refractivity contribution is 0.738. The first-order valence-electron chi connectivity index (χ1n) is 5.78. The van der Waals surface area contributed by atoms with E-state index in [1.807, 2.05) is 24.8 Å². The van der Waals surface area contributed by atoms with Crippen molar-refractivity contribution in [2.24, 2.45) is 5.73 Å². The molecule has 1 rings (SSSR count). The predicted octanol–water partition coefficient (Wildman–Crippen LogP) is 3.03. The molecule has 17 heavy (non-hydrogen) atoms.